The van der Waals surface area contributed by atoms with E-state index in [0.29, 0.717) is 43.1 Å². The maximum Gasteiger partial charge on any atom is 0.419 e. The number of nitrogens with one attached hydrogen (secondary N) is 1. The molecule has 1 atom stereocenters. The van der Waals surface area contributed by atoms with Crippen molar-refractivity contribution in [2.75, 3.05) is 45.7 Å². The number of hydrogen-bond donors (Lipinski definition) is 1. The second-order valence-electron chi connectivity index (χ2n) is 12.1. The number of anilines is 1. The molecule has 1 saturated heterocycles. The zero-order valence-electron chi connectivity index (χ0n) is 26.9. The molecular weight excluding hydrogens is 586 g/mol. The Kier molecular flexibility index (Phi) is 10.5. The van der Waals surface area contributed by atoms with Gasteiger partial charge in [-0.05, 0) is 63.1 Å². The molecule has 1 N–H and O–H groups in total. The lowest BCUT2D eigenvalue weighted by atomic mass is 9.97. The molecule has 4 rings (SSSR count). The summed E-state index contributed by atoms with van der Waals surface area (Å²) in [4.78, 5) is 41.8. The number of fused-ring (bicyclic) bond motifs is 1. The number of alkyl halides is 2. The van der Waals surface area contributed by atoms with Gasteiger partial charge in [0, 0.05) is 55.8 Å². The van der Waals surface area contributed by atoms with Crippen molar-refractivity contribution in [3.05, 3.63) is 58.8 Å². The first-order valence-electron chi connectivity index (χ1n) is 14.9. The predicted molar refractivity (Wildman–Crippen MR) is 167 cm³/mol. The lowest BCUT2D eigenvalue weighted by molar-refractivity contribution is -0.115. The molecule has 2 heterocycles. The van der Waals surface area contributed by atoms with Gasteiger partial charge in [0.25, 0.3) is 6.43 Å². The van der Waals surface area contributed by atoms with Crippen molar-refractivity contribution in [3.63, 3.8) is 0 Å². The molecule has 1 fully saturated rings. The number of aryl methyl sites for hydroxylation is 1. The van der Waals surface area contributed by atoms with E-state index < -0.39 is 24.1 Å². The van der Waals surface area contributed by atoms with Gasteiger partial charge in [-0.25, -0.2) is 18.4 Å². The number of ether oxygens (including phenoxy) is 3. The summed E-state index contributed by atoms with van der Waals surface area (Å²) >= 11 is 0. The number of halogens is 2. The fraction of sp³-hybridized carbons (Fsp3) is 0.485. The highest BCUT2D eigenvalue weighted by atomic mass is 19.3. The van der Waals surface area contributed by atoms with E-state index in [1.165, 1.54) is 11.7 Å². The lowest BCUT2D eigenvalue weighted by Gasteiger charge is -2.42. The number of rotatable bonds is 9. The number of piperazine rings is 1. The summed E-state index contributed by atoms with van der Waals surface area (Å²) < 4.78 is 44.8. The van der Waals surface area contributed by atoms with Gasteiger partial charge in [0.05, 0.1) is 37.5 Å². The molecule has 1 aromatic heterocycles. The smallest absolute Gasteiger partial charge is 0.419 e. The van der Waals surface area contributed by atoms with Crippen LogP contribution in [0.15, 0.2) is 36.5 Å². The van der Waals surface area contributed by atoms with Gasteiger partial charge in [-0.15, -0.1) is 0 Å². The molecule has 1 aliphatic rings. The van der Waals surface area contributed by atoms with Crippen molar-refractivity contribution in [1.82, 2.24) is 14.4 Å². The number of esters is 1. The first-order chi connectivity index (χ1) is 21.3. The normalized spacial score (nSPS) is 16.2. The number of nitrogens with zero attached hydrogens (tertiary/aromatic N) is 3. The summed E-state index contributed by atoms with van der Waals surface area (Å²) in [6.07, 6.45) is -1.11. The standard InChI is InChI=1S/C33H42F2N4O6/c1-8-29(40)36-25-16-21(9-10-23(25)31(41)44-7)26-18-37(19-28(34)35)13-14-38(26)17-24-22-11-12-39(32(42)45-33(3,4)5)30(22)20(2)15-27(24)43-6/h9-12,15-16,26,28H,8,13-14,17-19H2,1-7H3,(H,36,40)/t26-/m1/s1. The van der Waals surface area contributed by atoms with E-state index in [-0.39, 0.29) is 30.5 Å². The van der Waals surface area contributed by atoms with Gasteiger partial charge in [-0.3, -0.25) is 19.2 Å². The van der Waals surface area contributed by atoms with Crippen LogP contribution in [-0.2, 0) is 20.8 Å². The molecule has 0 aliphatic carbocycles. The summed E-state index contributed by atoms with van der Waals surface area (Å²) in [5, 5.41) is 3.59. The first kappa shape index (κ1) is 33.9. The zero-order valence-corrected chi connectivity index (χ0v) is 26.9. The van der Waals surface area contributed by atoms with Gasteiger partial charge in [-0.1, -0.05) is 13.0 Å². The molecule has 244 valence electrons. The van der Waals surface area contributed by atoms with Crippen LogP contribution in [0.4, 0.5) is 19.3 Å². The summed E-state index contributed by atoms with van der Waals surface area (Å²) in [5.74, 6) is -0.250. The average Bonchev–Trinajstić information content (AvgIpc) is 3.44. The molecule has 0 saturated carbocycles. The number of hydrogen-bond acceptors (Lipinski definition) is 8. The third kappa shape index (κ3) is 7.80. The molecule has 1 amide bonds. The van der Waals surface area contributed by atoms with Crippen molar-refractivity contribution >= 4 is 34.6 Å². The Hall–Kier alpha value is -4.03. The third-order valence-corrected chi connectivity index (χ3v) is 7.80. The Bertz CT molecular complexity index is 1560. The average molecular weight is 629 g/mol. The summed E-state index contributed by atoms with van der Waals surface area (Å²) in [7, 11) is 2.85. The fourth-order valence-electron chi connectivity index (χ4n) is 5.72. The number of methoxy groups -OCH3 is 2. The number of amides is 1. The Morgan fingerprint density at radius 2 is 1.82 bits per heavy atom. The quantitative estimate of drug-likeness (QED) is 0.288. The monoisotopic (exact) mass is 628 g/mol. The molecule has 0 unspecified atom stereocenters. The second-order valence-corrected chi connectivity index (χ2v) is 12.1. The Labute approximate surface area is 262 Å². The molecule has 45 heavy (non-hydrogen) atoms. The molecule has 10 nitrogen and oxygen atoms in total. The summed E-state index contributed by atoms with van der Waals surface area (Å²) in [6.45, 7) is 10.2. The largest absolute Gasteiger partial charge is 0.496 e. The minimum atomic E-state index is -2.50. The van der Waals surface area contributed by atoms with Crippen LogP contribution in [0.1, 0.15) is 67.2 Å². The zero-order chi connectivity index (χ0) is 33.1. The van der Waals surface area contributed by atoms with Gasteiger partial charge in [-0.2, -0.15) is 0 Å². The highest BCUT2D eigenvalue weighted by Crippen LogP contribution is 2.37. The van der Waals surface area contributed by atoms with Crippen LogP contribution < -0.4 is 10.1 Å². The van der Waals surface area contributed by atoms with E-state index in [1.807, 2.05) is 39.8 Å². The minimum absolute atomic E-state index is 0.195. The lowest BCUT2D eigenvalue weighted by Crippen LogP contribution is -2.49. The van der Waals surface area contributed by atoms with Crippen LogP contribution in [0.25, 0.3) is 10.9 Å². The van der Waals surface area contributed by atoms with Gasteiger partial charge in [0.1, 0.15) is 11.4 Å². The summed E-state index contributed by atoms with van der Waals surface area (Å²) in [5.41, 5.74) is 2.90. The Morgan fingerprint density at radius 1 is 1.09 bits per heavy atom. The number of benzene rings is 2. The SMILES string of the molecule is CCC(=O)Nc1cc([C@H]2CN(CC(F)F)CCN2Cc2c(OC)cc(C)c3c2ccn3C(=O)OC(C)(C)C)ccc1C(=O)OC. The number of aromatic nitrogens is 1. The minimum Gasteiger partial charge on any atom is -0.496 e. The fourth-order valence-corrected chi connectivity index (χ4v) is 5.72. The molecule has 1 aliphatic heterocycles. The van der Waals surface area contributed by atoms with Gasteiger partial charge in [0.2, 0.25) is 5.91 Å². The predicted octanol–water partition coefficient (Wildman–Crippen LogP) is 6.00. The van der Waals surface area contributed by atoms with Crippen molar-refractivity contribution in [1.29, 1.82) is 0 Å². The maximum absolute atomic E-state index is 13.5. The summed E-state index contributed by atoms with van der Waals surface area (Å²) in [6, 6.07) is 8.42. The van der Waals surface area contributed by atoms with Gasteiger partial charge < -0.3 is 19.5 Å². The van der Waals surface area contributed by atoms with E-state index in [0.717, 1.165) is 22.1 Å². The van der Waals surface area contributed by atoms with Crippen LogP contribution in [-0.4, -0.2) is 84.8 Å². The van der Waals surface area contributed by atoms with Gasteiger partial charge in [0.15, 0.2) is 0 Å². The van der Waals surface area contributed by atoms with Crippen LogP contribution in [0.5, 0.6) is 5.75 Å². The first-order valence-corrected chi connectivity index (χ1v) is 14.9. The second kappa shape index (κ2) is 13.9. The van der Waals surface area contributed by atoms with Crippen LogP contribution in [0.3, 0.4) is 0 Å². The Morgan fingerprint density at radius 3 is 2.44 bits per heavy atom. The van der Waals surface area contributed by atoms with E-state index in [9.17, 15) is 23.2 Å². The van der Waals surface area contributed by atoms with E-state index >= 15 is 0 Å². The highest BCUT2D eigenvalue weighted by Gasteiger charge is 2.32. The van der Waals surface area contributed by atoms with Gasteiger partial charge >= 0.3 is 12.1 Å². The van der Waals surface area contributed by atoms with Crippen LogP contribution in [0, 0.1) is 6.92 Å². The molecule has 0 spiro atoms. The van der Waals surface area contributed by atoms with E-state index in [4.69, 9.17) is 14.2 Å². The van der Waals surface area contributed by atoms with Crippen molar-refractivity contribution in [3.8, 4) is 5.75 Å². The number of carbonyl (C=O) groups is 3. The van der Waals surface area contributed by atoms with Crippen molar-refractivity contribution in [2.24, 2.45) is 0 Å². The molecule has 0 bridgehead atoms. The molecular formula is C33H42F2N4O6. The van der Waals surface area contributed by atoms with Crippen molar-refractivity contribution in [2.45, 2.75) is 65.7 Å². The molecule has 2 aromatic carbocycles. The Balaban J connectivity index is 1.79. The molecule has 3 aromatic rings. The van der Waals surface area contributed by atoms with E-state index in [2.05, 4.69) is 10.2 Å². The highest BCUT2D eigenvalue weighted by molar-refractivity contribution is 6.01. The third-order valence-electron chi connectivity index (χ3n) is 7.80. The maximum atomic E-state index is 13.5. The van der Waals surface area contributed by atoms with Crippen molar-refractivity contribution < 1.29 is 37.4 Å². The van der Waals surface area contributed by atoms with Crippen LogP contribution >= 0.6 is 0 Å². The number of carbonyl (C=O) groups excluding carboxylic acids is 3. The van der Waals surface area contributed by atoms with E-state index in [1.54, 1.807) is 43.3 Å². The molecule has 0 radical (unpaired) electrons. The topological polar surface area (TPSA) is 102 Å². The molecule has 12 heteroatoms. The van der Waals surface area contributed by atoms with Crippen LogP contribution in [0.2, 0.25) is 0 Å².